The summed E-state index contributed by atoms with van der Waals surface area (Å²) >= 11 is 0. The van der Waals surface area contributed by atoms with Crippen molar-refractivity contribution in [1.82, 2.24) is 15.0 Å². The van der Waals surface area contributed by atoms with Crippen molar-refractivity contribution >= 4 is 23.2 Å². The topological polar surface area (TPSA) is 72.4 Å². The number of nitrogens with zero attached hydrogens (tertiary/aromatic N) is 3. The number of alkyl halides is 3. The molecule has 0 aliphatic rings. The molecular formula is C16H13F3N4O2. The Balaban J connectivity index is 1.79. The zero-order valence-electron chi connectivity index (χ0n) is 13.0. The second kappa shape index (κ2) is 6.42. The predicted molar refractivity (Wildman–Crippen MR) is 83.9 cm³/mol. The largest absolute Gasteiger partial charge is 0.460 e. The highest BCUT2D eigenvalue weighted by atomic mass is 19.4. The molecule has 2 heterocycles. The van der Waals surface area contributed by atoms with Crippen molar-refractivity contribution in [3.63, 3.8) is 0 Å². The van der Waals surface area contributed by atoms with Crippen LogP contribution in [0.25, 0.3) is 11.0 Å². The lowest BCUT2D eigenvalue weighted by atomic mass is 10.3. The molecule has 0 bridgehead atoms. The minimum atomic E-state index is -4.67. The van der Waals surface area contributed by atoms with Gasteiger partial charge in [-0.25, -0.2) is 10.4 Å². The Morgan fingerprint density at radius 2 is 2.08 bits per heavy atom. The Kier molecular flexibility index (Phi) is 4.30. The van der Waals surface area contributed by atoms with E-state index in [4.69, 9.17) is 4.42 Å². The summed E-state index contributed by atoms with van der Waals surface area (Å²) in [5.41, 5.74) is 2.56. The number of aromatic nitrogens is 2. The number of amides is 1. The van der Waals surface area contributed by atoms with Crippen LogP contribution in [0.5, 0.6) is 0 Å². The van der Waals surface area contributed by atoms with Crippen molar-refractivity contribution < 1.29 is 22.4 Å². The number of carbonyl (C=O) groups is 1. The van der Waals surface area contributed by atoms with E-state index in [1.807, 2.05) is 0 Å². The third kappa shape index (κ3) is 3.70. The number of hydrogen-bond acceptors (Lipinski definition) is 4. The van der Waals surface area contributed by atoms with Gasteiger partial charge in [0.05, 0.1) is 17.2 Å². The van der Waals surface area contributed by atoms with E-state index >= 15 is 0 Å². The van der Waals surface area contributed by atoms with Gasteiger partial charge >= 0.3 is 6.18 Å². The maximum atomic E-state index is 13.2. The number of hydrogen-bond donors (Lipinski definition) is 1. The Morgan fingerprint density at radius 3 is 2.76 bits per heavy atom. The number of fused-ring (bicyclic) bond motifs is 1. The van der Waals surface area contributed by atoms with Crippen LogP contribution in [-0.4, -0.2) is 21.7 Å². The lowest BCUT2D eigenvalue weighted by Gasteiger charge is -2.10. The van der Waals surface area contributed by atoms with Crippen LogP contribution in [0.3, 0.4) is 0 Å². The molecule has 9 heteroatoms. The standard InChI is InChI=1S/C16H13F3N4O2/c1-10-6-7-11(25-10)8-20-22-14(24)9-23-13-5-3-2-4-12(13)21-15(23)16(17,18)19/h2-8H,9H2,1H3,(H,22,24)/b20-8+. The van der Waals surface area contributed by atoms with Crippen molar-refractivity contribution in [2.75, 3.05) is 0 Å². The minimum absolute atomic E-state index is 0.164. The second-order valence-electron chi connectivity index (χ2n) is 5.25. The van der Waals surface area contributed by atoms with Crippen molar-refractivity contribution in [3.05, 3.63) is 53.7 Å². The van der Waals surface area contributed by atoms with E-state index in [0.29, 0.717) is 11.5 Å². The summed E-state index contributed by atoms with van der Waals surface area (Å²) in [6, 6.07) is 9.45. The molecule has 0 saturated carbocycles. The summed E-state index contributed by atoms with van der Waals surface area (Å²) < 4.78 is 45.5. The first-order valence-electron chi connectivity index (χ1n) is 7.25. The van der Waals surface area contributed by atoms with Gasteiger partial charge in [-0.15, -0.1) is 0 Å². The van der Waals surface area contributed by atoms with Crippen LogP contribution in [0.2, 0.25) is 0 Å². The molecule has 0 atom stereocenters. The average Bonchev–Trinajstić information content (AvgIpc) is 3.11. The van der Waals surface area contributed by atoms with Gasteiger partial charge in [-0.05, 0) is 31.2 Å². The molecule has 6 nitrogen and oxygen atoms in total. The Bertz CT molecular complexity index is 940. The maximum Gasteiger partial charge on any atom is 0.449 e. The fraction of sp³-hybridized carbons (Fsp3) is 0.188. The fourth-order valence-electron chi connectivity index (χ4n) is 2.32. The molecule has 1 aromatic carbocycles. The number of benzene rings is 1. The maximum absolute atomic E-state index is 13.2. The lowest BCUT2D eigenvalue weighted by molar-refractivity contribution is -0.147. The van der Waals surface area contributed by atoms with Gasteiger partial charge < -0.3 is 8.98 Å². The van der Waals surface area contributed by atoms with Gasteiger partial charge in [0.25, 0.3) is 5.91 Å². The van der Waals surface area contributed by atoms with Crippen molar-refractivity contribution in [2.45, 2.75) is 19.6 Å². The number of halogens is 3. The molecule has 0 aliphatic heterocycles. The van der Waals surface area contributed by atoms with Crippen LogP contribution in [-0.2, 0) is 17.5 Å². The SMILES string of the molecule is Cc1ccc(/C=N/NC(=O)Cn2c(C(F)(F)F)nc3ccccc32)o1. The first-order chi connectivity index (χ1) is 11.8. The van der Waals surface area contributed by atoms with Crippen LogP contribution in [0.4, 0.5) is 13.2 Å². The number of imidazole rings is 1. The fourth-order valence-corrected chi connectivity index (χ4v) is 2.32. The van der Waals surface area contributed by atoms with E-state index in [-0.39, 0.29) is 11.0 Å². The molecule has 0 spiro atoms. The summed E-state index contributed by atoms with van der Waals surface area (Å²) in [5.74, 6) is -0.753. The zero-order valence-corrected chi connectivity index (χ0v) is 13.0. The highest BCUT2D eigenvalue weighted by molar-refractivity contribution is 5.82. The van der Waals surface area contributed by atoms with Gasteiger partial charge in [0.2, 0.25) is 5.82 Å². The van der Waals surface area contributed by atoms with E-state index in [1.165, 1.54) is 18.3 Å². The quantitative estimate of drug-likeness (QED) is 0.580. The summed E-state index contributed by atoms with van der Waals surface area (Å²) in [6.07, 6.45) is -3.41. The third-order valence-electron chi connectivity index (χ3n) is 3.35. The van der Waals surface area contributed by atoms with Crippen LogP contribution in [0, 0.1) is 6.92 Å². The molecule has 1 N–H and O–H groups in total. The van der Waals surface area contributed by atoms with Crippen molar-refractivity contribution in [3.8, 4) is 0 Å². The molecule has 0 radical (unpaired) electrons. The van der Waals surface area contributed by atoms with E-state index < -0.39 is 24.5 Å². The summed E-state index contributed by atoms with van der Waals surface area (Å²) in [6.45, 7) is 1.18. The monoisotopic (exact) mass is 350 g/mol. The molecule has 3 aromatic rings. The molecule has 2 aromatic heterocycles. The average molecular weight is 350 g/mol. The van der Waals surface area contributed by atoms with Crippen molar-refractivity contribution in [1.29, 1.82) is 0 Å². The number of aryl methyl sites for hydroxylation is 1. The summed E-state index contributed by atoms with van der Waals surface area (Å²) in [5, 5.41) is 3.67. The predicted octanol–water partition coefficient (Wildman–Crippen LogP) is 3.11. The Labute approximate surface area is 140 Å². The highest BCUT2D eigenvalue weighted by Crippen LogP contribution is 2.31. The number of hydrazone groups is 1. The van der Waals surface area contributed by atoms with Crippen LogP contribution >= 0.6 is 0 Å². The molecule has 130 valence electrons. The van der Waals surface area contributed by atoms with Gasteiger partial charge in [0.15, 0.2) is 0 Å². The number of para-hydroxylation sites is 2. The molecule has 1 amide bonds. The van der Waals surface area contributed by atoms with Crippen LogP contribution < -0.4 is 5.43 Å². The van der Waals surface area contributed by atoms with Gasteiger partial charge in [-0.2, -0.15) is 18.3 Å². The minimum Gasteiger partial charge on any atom is -0.460 e. The first-order valence-corrected chi connectivity index (χ1v) is 7.25. The van der Waals surface area contributed by atoms with Crippen LogP contribution in [0.1, 0.15) is 17.3 Å². The Morgan fingerprint density at radius 1 is 1.32 bits per heavy atom. The molecular weight excluding hydrogens is 337 g/mol. The van der Waals surface area contributed by atoms with E-state index in [0.717, 1.165) is 4.57 Å². The smallest absolute Gasteiger partial charge is 0.449 e. The Hall–Kier alpha value is -3.10. The zero-order chi connectivity index (χ0) is 18.0. The first kappa shape index (κ1) is 16.7. The van der Waals surface area contributed by atoms with Gasteiger partial charge in [-0.3, -0.25) is 4.79 Å². The second-order valence-corrected chi connectivity index (χ2v) is 5.25. The van der Waals surface area contributed by atoms with Crippen molar-refractivity contribution in [2.24, 2.45) is 5.10 Å². The molecule has 0 aliphatic carbocycles. The number of carbonyl (C=O) groups excluding carboxylic acids is 1. The molecule has 0 unspecified atom stereocenters. The number of furan rings is 1. The number of rotatable bonds is 4. The highest BCUT2D eigenvalue weighted by Gasteiger charge is 2.37. The molecule has 25 heavy (non-hydrogen) atoms. The van der Waals surface area contributed by atoms with Crippen LogP contribution in [0.15, 0.2) is 45.9 Å². The van der Waals surface area contributed by atoms with Gasteiger partial charge in [0.1, 0.15) is 18.1 Å². The van der Waals surface area contributed by atoms with E-state index in [2.05, 4.69) is 15.5 Å². The summed E-state index contributed by atoms with van der Waals surface area (Å²) in [4.78, 5) is 15.5. The molecule has 3 rings (SSSR count). The van der Waals surface area contributed by atoms with Gasteiger partial charge in [-0.1, -0.05) is 12.1 Å². The molecule has 0 saturated heterocycles. The van der Waals surface area contributed by atoms with E-state index in [1.54, 1.807) is 31.2 Å². The van der Waals surface area contributed by atoms with E-state index in [9.17, 15) is 18.0 Å². The normalized spacial score (nSPS) is 12.2. The molecule has 0 fully saturated rings. The van der Waals surface area contributed by atoms with Gasteiger partial charge in [0, 0.05) is 0 Å². The summed E-state index contributed by atoms with van der Waals surface area (Å²) in [7, 11) is 0. The third-order valence-corrected chi connectivity index (χ3v) is 3.35. The number of nitrogens with one attached hydrogen (secondary N) is 1. The lowest BCUT2D eigenvalue weighted by Crippen LogP contribution is -2.26.